The van der Waals surface area contributed by atoms with Crippen LogP contribution in [0.5, 0.6) is 0 Å². The van der Waals surface area contributed by atoms with E-state index in [0.29, 0.717) is 0 Å². The van der Waals surface area contributed by atoms with Crippen LogP contribution in [0.3, 0.4) is 0 Å². The first-order chi connectivity index (χ1) is 5.00. The number of nitrogens with zero attached hydrogens (tertiary/aromatic N) is 2. The predicted molar refractivity (Wildman–Crippen MR) is 45.9 cm³/mol. The van der Waals surface area contributed by atoms with Gasteiger partial charge in [0.2, 0.25) is 0 Å². The lowest BCUT2D eigenvalue weighted by Crippen LogP contribution is -1.60. The second-order valence-electron chi connectivity index (χ2n) is 1.62. The van der Waals surface area contributed by atoms with Crippen molar-refractivity contribution in [2.24, 2.45) is 10.2 Å². The average Bonchev–Trinajstić information content (AvgIpc) is 2.67. The van der Waals surface area contributed by atoms with Gasteiger partial charge >= 0.3 is 0 Å². The van der Waals surface area contributed by atoms with Crippen molar-refractivity contribution < 1.29 is 0 Å². The van der Waals surface area contributed by atoms with Gasteiger partial charge in [0.15, 0.2) is 0 Å². The van der Waals surface area contributed by atoms with Gasteiger partial charge in [0.1, 0.15) is 0 Å². The molecule has 0 aliphatic carbocycles. The fourth-order valence-electron chi connectivity index (χ4n) is 0.463. The molecule has 0 N–H and O–H groups in total. The van der Waals surface area contributed by atoms with E-state index in [2.05, 4.69) is 10.2 Å². The van der Waals surface area contributed by atoms with Gasteiger partial charge in [0.25, 0.3) is 0 Å². The Kier molecular flexibility index (Phi) is 3.49. The highest BCUT2D eigenvalue weighted by Crippen LogP contribution is 1.91. The molecule has 0 spiro atoms. The molecule has 1 aliphatic heterocycles. The van der Waals surface area contributed by atoms with E-state index in [1.54, 1.807) is 23.8 Å². The third kappa shape index (κ3) is 3.14. The maximum atomic E-state index is 3.53. The van der Waals surface area contributed by atoms with Crippen LogP contribution < -0.4 is 0 Å². The normalized spacial score (nSPS) is 12.8. The molecule has 3 heteroatoms. The van der Waals surface area contributed by atoms with Crippen LogP contribution in [0.15, 0.2) is 33.1 Å². The smallest absolute Gasteiger partial charge is 0.0324 e. The third-order valence-electron chi connectivity index (χ3n) is 0.866. The summed E-state index contributed by atoms with van der Waals surface area (Å²) in [5.41, 5.74) is 0. The average molecular weight is 152 g/mol. The maximum absolute atomic E-state index is 3.53. The van der Waals surface area contributed by atoms with Gasteiger partial charge in [0, 0.05) is 18.9 Å². The molecule has 1 aromatic rings. The Morgan fingerprint density at radius 1 is 1.00 bits per heavy atom. The fourth-order valence-corrected chi connectivity index (χ4v) is 0.916. The molecule has 0 saturated carbocycles. The quantitative estimate of drug-likeness (QED) is 0.544. The Balaban J connectivity index is 0.0000001000. The standard InChI is InChI=1S/C4H4S.C3H4N2/c2*1-2-4-5-3-1/h1-4H;2-3H,1H2. The van der Waals surface area contributed by atoms with Crippen LogP contribution in [0.2, 0.25) is 0 Å². The highest BCUT2D eigenvalue weighted by molar-refractivity contribution is 7.07. The van der Waals surface area contributed by atoms with Crippen LogP contribution in [0.25, 0.3) is 0 Å². The van der Waals surface area contributed by atoms with Crippen molar-refractivity contribution >= 4 is 23.8 Å². The lowest BCUT2D eigenvalue weighted by molar-refractivity contribution is 1.29. The van der Waals surface area contributed by atoms with Crippen molar-refractivity contribution in [2.75, 3.05) is 0 Å². The summed E-state index contributed by atoms with van der Waals surface area (Å²) >= 11 is 1.71. The topological polar surface area (TPSA) is 24.7 Å². The van der Waals surface area contributed by atoms with E-state index in [1.165, 1.54) is 0 Å². The molecule has 0 atom stereocenters. The summed E-state index contributed by atoms with van der Waals surface area (Å²) in [6.07, 6.45) is 4.44. The minimum atomic E-state index is 0.917. The van der Waals surface area contributed by atoms with Crippen LogP contribution in [-0.4, -0.2) is 12.4 Å². The molecule has 10 heavy (non-hydrogen) atoms. The lowest BCUT2D eigenvalue weighted by atomic mass is 10.5. The molecule has 0 aromatic carbocycles. The van der Waals surface area contributed by atoms with Gasteiger partial charge < -0.3 is 0 Å². The molecule has 0 fully saturated rings. The SMILES string of the molecule is C1=NN=CC1.c1ccsc1. The summed E-state index contributed by atoms with van der Waals surface area (Å²) in [6.45, 7) is 0. The van der Waals surface area contributed by atoms with Crippen molar-refractivity contribution in [3.63, 3.8) is 0 Å². The van der Waals surface area contributed by atoms with Gasteiger partial charge in [-0.05, 0) is 10.8 Å². The van der Waals surface area contributed by atoms with Crippen molar-refractivity contribution in [3.05, 3.63) is 22.9 Å². The van der Waals surface area contributed by atoms with Crippen molar-refractivity contribution in [3.8, 4) is 0 Å². The van der Waals surface area contributed by atoms with Crippen LogP contribution >= 0.6 is 11.3 Å². The first-order valence-electron chi connectivity index (χ1n) is 3.00. The molecule has 0 saturated heterocycles. The summed E-state index contributed by atoms with van der Waals surface area (Å²) in [5.74, 6) is 0. The zero-order chi connectivity index (χ0) is 7.07. The molecule has 2 nitrogen and oxygen atoms in total. The molecule has 2 rings (SSSR count). The summed E-state index contributed by atoms with van der Waals surface area (Å²) < 4.78 is 0. The minimum Gasteiger partial charge on any atom is -0.164 e. The van der Waals surface area contributed by atoms with E-state index >= 15 is 0 Å². The second kappa shape index (κ2) is 4.88. The van der Waals surface area contributed by atoms with Crippen molar-refractivity contribution in [1.29, 1.82) is 0 Å². The molecular weight excluding hydrogens is 144 g/mol. The largest absolute Gasteiger partial charge is 0.164 e. The molecule has 0 amide bonds. The van der Waals surface area contributed by atoms with Crippen molar-refractivity contribution in [2.45, 2.75) is 6.42 Å². The first kappa shape index (κ1) is 7.15. The van der Waals surface area contributed by atoms with E-state index < -0.39 is 0 Å². The Labute approximate surface area is 63.9 Å². The van der Waals surface area contributed by atoms with Gasteiger partial charge in [-0.25, -0.2) is 0 Å². The Morgan fingerprint density at radius 2 is 1.60 bits per heavy atom. The van der Waals surface area contributed by atoms with Crippen LogP contribution in [0.1, 0.15) is 6.42 Å². The zero-order valence-corrected chi connectivity index (χ0v) is 6.29. The molecule has 52 valence electrons. The van der Waals surface area contributed by atoms with E-state index in [-0.39, 0.29) is 0 Å². The van der Waals surface area contributed by atoms with Gasteiger partial charge in [-0.15, -0.1) is 0 Å². The number of thiophene rings is 1. The van der Waals surface area contributed by atoms with Crippen LogP contribution in [-0.2, 0) is 0 Å². The predicted octanol–water partition coefficient (Wildman–Crippen LogP) is 2.19. The van der Waals surface area contributed by atoms with Gasteiger partial charge in [-0.1, -0.05) is 12.1 Å². The van der Waals surface area contributed by atoms with Gasteiger partial charge in [-0.3, -0.25) is 0 Å². The van der Waals surface area contributed by atoms with Crippen molar-refractivity contribution in [1.82, 2.24) is 0 Å². The number of hydrogen-bond acceptors (Lipinski definition) is 3. The van der Waals surface area contributed by atoms with Crippen LogP contribution in [0.4, 0.5) is 0 Å². The molecule has 0 unspecified atom stereocenters. The van der Waals surface area contributed by atoms with E-state index in [4.69, 9.17) is 0 Å². The minimum absolute atomic E-state index is 0.917. The first-order valence-corrected chi connectivity index (χ1v) is 3.95. The number of rotatable bonds is 0. The Morgan fingerprint density at radius 3 is 1.80 bits per heavy atom. The van der Waals surface area contributed by atoms with E-state index in [1.807, 2.05) is 22.9 Å². The van der Waals surface area contributed by atoms with E-state index in [9.17, 15) is 0 Å². The highest BCUT2D eigenvalue weighted by atomic mass is 32.1. The Hall–Kier alpha value is -0.960. The molecular formula is C7H8N2S. The third-order valence-corrected chi connectivity index (χ3v) is 1.49. The summed E-state index contributed by atoms with van der Waals surface area (Å²) in [4.78, 5) is 0. The molecule has 1 aromatic heterocycles. The van der Waals surface area contributed by atoms with E-state index in [0.717, 1.165) is 6.42 Å². The lowest BCUT2D eigenvalue weighted by Gasteiger charge is -1.50. The summed E-state index contributed by atoms with van der Waals surface area (Å²) in [7, 11) is 0. The van der Waals surface area contributed by atoms with Crippen LogP contribution in [0, 0.1) is 0 Å². The molecule has 0 bridgehead atoms. The van der Waals surface area contributed by atoms with Gasteiger partial charge in [-0.2, -0.15) is 21.5 Å². The summed E-state index contributed by atoms with van der Waals surface area (Å²) in [5, 5.41) is 11.1. The Bertz CT molecular complexity index is 174. The molecule has 1 aliphatic rings. The monoisotopic (exact) mass is 152 g/mol. The molecule has 0 radical (unpaired) electrons. The number of hydrogen-bond donors (Lipinski definition) is 0. The highest BCUT2D eigenvalue weighted by Gasteiger charge is 1.75. The second-order valence-corrected chi connectivity index (χ2v) is 2.44. The zero-order valence-electron chi connectivity index (χ0n) is 5.47. The summed E-state index contributed by atoms with van der Waals surface area (Å²) in [6, 6.07) is 4.04. The fraction of sp³-hybridized carbons (Fsp3) is 0.143. The van der Waals surface area contributed by atoms with Gasteiger partial charge in [0.05, 0.1) is 0 Å². The molecule has 2 heterocycles. The maximum Gasteiger partial charge on any atom is 0.0324 e.